The number of fused-ring (bicyclic) bond motifs is 1. The van der Waals surface area contributed by atoms with Crippen molar-refractivity contribution in [1.82, 2.24) is 0 Å². The van der Waals surface area contributed by atoms with Gasteiger partial charge in [0.1, 0.15) is 11.5 Å². The average molecular weight is 312 g/mol. The molecule has 0 saturated carbocycles. The molecule has 1 heterocycles. The lowest BCUT2D eigenvalue weighted by Crippen LogP contribution is -2.27. The van der Waals surface area contributed by atoms with E-state index in [1.54, 1.807) is 49.4 Å². The van der Waals surface area contributed by atoms with Crippen LogP contribution in [0.2, 0.25) is 0 Å². The van der Waals surface area contributed by atoms with Crippen LogP contribution in [0.15, 0.2) is 42.5 Å². The zero-order valence-electron chi connectivity index (χ0n) is 12.5. The van der Waals surface area contributed by atoms with Crippen molar-refractivity contribution in [3.05, 3.63) is 48.0 Å². The van der Waals surface area contributed by atoms with Crippen molar-refractivity contribution in [2.75, 3.05) is 17.7 Å². The average Bonchev–Trinajstić information content (AvgIpc) is 2.53. The topological polar surface area (TPSA) is 90.6 Å². The van der Waals surface area contributed by atoms with Gasteiger partial charge in [-0.3, -0.25) is 9.59 Å². The summed E-state index contributed by atoms with van der Waals surface area (Å²) in [5.41, 5.74) is 7.18. The number of carbonyl (C=O) groups excluding carboxylic acids is 2. The van der Waals surface area contributed by atoms with Crippen LogP contribution in [-0.2, 0) is 4.79 Å². The fourth-order valence-electron chi connectivity index (χ4n) is 2.32. The second-order valence-corrected chi connectivity index (χ2v) is 5.24. The summed E-state index contributed by atoms with van der Waals surface area (Å²) in [5.74, 6) is 0.632. The highest BCUT2D eigenvalue weighted by molar-refractivity contribution is 6.02. The molecule has 1 aliphatic heterocycles. The summed E-state index contributed by atoms with van der Waals surface area (Å²) in [7, 11) is 0. The summed E-state index contributed by atoms with van der Waals surface area (Å²) in [6, 6.07) is 11.8. The number of nitrogens with two attached hydrogens (primary N) is 1. The molecule has 2 aromatic rings. The van der Waals surface area contributed by atoms with Gasteiger partial charge in [-0.05, 0) is 37.3 Å². The monoisotopic (exact) mass is 312 g/mol. The third-order valence-electron chi connectivity index (χ3n) is 3.44. The highest BCUT2D eigenvalue weighted by atomic mass is 16.5. The Hall–Kier alpha value is -3.02. The molecule has 1 aliphatic rings. The number of rotatable bonds is 4. The van der Waals surface area contributed by atoms with E-state index < -0.39 is 6.10 Å². The number of anilines is 2. The van der Waals surface area contributed by atoms with Gasteiger partial charge in [0.05, 0.1) is 5.69 Å². The smallest absolute Gasteiger partial charge is 0.262 e. The molecule has 6 nitrogen and oxygen atoms in total. The zero-order chi connectivity index (χ0) is 16.4. The lowest BCUT2D eigenvalue weighted by atomic mass is 10.1. The van der Waals surface area contributed by atoms with Crippen LogP contribution in [0.4, 0.5) is 11.4 Å². The normalized spacial score (nSPS) is 14.2. The Kier molecular flexibility index (Phi) is 3.89. The van der Waals surface area contributed by atoms with Crippen molar-refractivity contribution in [2.45, 2.75) is 13.0 Å². The quantitative estimate of drug-likeness (QED) is 0.667. The first-order valence-corrected chi connectivity index (χ1v) is 7.16. The number of hydrogen-bond acceptors (Lipinski definition) is 5. The van der Waals surface area contributed by atoms with Gasteiger partial charge < -0.3 is 20.5 Å². The van der Waals surface area contributed by atoms with Crippen molar-refractivity contribution in [2.24, 2.45) is 0 Å². The van der Waals surface area contributed by atoms with Crippen LogP contribution >= 0.6 is 0 Å². The van der Waals surface area contributed by atoms with Gasteiger partial charge in [-0.25, -0.2) is 0 Å². The van der Waals surface area contributed by atoms with Gasteiger partial charge in [0.25, 0.3) is 5.91 Å². The molecule has 0 radical (unpaired) electrons. The van der Waals surface area contributed by atoms with E-state index in [1.807, 2.05) is 0 Å². The van der Waals surface area contributed by atoms with Crippen LogP contribution in [0.1, 0.15) is 17.3 Å². The Labute approximate surface area is 133 Å². The molecule has 3 N–H and O–H groups in total. The number of carbonyl (C=O) groups is 2. The van der Waals surface area contributed by atoms with Gasteiger partial charge in [-0.1, -0.05) is 6.07 Å². The van der Waals surface area contributed by atoms with Crippen LogP contribution < -0.4 is 20.5 Å². The molecule has 1 atom stereocenters. The highest BCUT2D eigenvalue weighted by Crippen LogP contribution is 2.29. The van der Waals surface area contributed by atoms with E-state index in [2.05, 4.69) is 5.32 Å². The molecule has 0 bridgehead atoms. The van der Waals surface area contributed by atoms with Crippen molar-refractivity contribution >= 4 is 23.1 Å². The van der Waals surface area contributed by atoms with E-state index in [4.69, 9.17) is 15.2 Å². The number of ketones is 1. The van der Waals surface area contributed by atoms with Gasteiger partial charge >= 0.3 is 0 Å². The molecule has 0 saturated heterocycles. The molecule has 0 spiro atoms. The molecule has 2 aromatic carbocycles. The van der Waals surface area contributed by atoms with Crippen LogP contribution in [0.5, 0.6) is 11.5 Å². The van der Waals surface area contributed by atoms with Gasteiger partial charge in [0, 0.05) is 17.3 Å². The molecule has 0 fully saturated rings. The summed E-state index contributed by atoms with van der Waals surface area (Å²) < 4.78 is 10.9. The minimum absolute atomic E-state index is 0.0186. The second-order valence-electron chi connectivity index (χ2n) is 5.24. The first-order valence-electron chi connectivity index (χ1n) is 7.16. The van der Waals surface area contributed by atoms with E-state index in [0.717, 1.165) is 0 Å². The lowest BCUT2D eigenvalue weighted by Gasteiger charge is -2.19. The van der Waals surface area contributed by atoms with E-state index >= 15 is 0 Å². The number of benzene rings is 2. The molecule has 0 aliphatic carbocycles. The van der Waals surface area contributed by atoms with Crippen molar-refractivity contribution in [1.29, 1.82) is 0 Å². The van der Waals surface area contributed by atoms with Crippen LogP contribution in [0.25, 0.3) is 0 Å². The number of nitrogen functional groups attached to an aromatic ring is 1. The SMILES string of the molecule is CC(Oc1cccc(N)c1)C(=O)c1ccc2c(c1)NC(=O)CO2. The zero-order valence-corrected chi connectivity index (χ0v) is 12.5. The Morgan fingerprint density at radius 2 is 2.13 bits per heavy atom. The van der Waals surface area contributed by atoms with Crippen molar-refractivity contribution in [3.63, 3.8) is 0 Å². The Morgan fingerprint density at radius 1 is 1.30 bits per heavy atom. The fourth-order valence-corrected chi connectivity index (χ4v) is 2.32. The van der Waals surface area contributed by atoms with E-state index in [1.165, 1.54) is 0 Å². The Balaban J connectivity index is 1.77. The number of ether oxygens (including phenoxy) is 2. The summed E-state index contributed by atoms with van der Waals surface area (Å²) in [6.45, 7) is 1.65. The molecule has 1 unspecified atom stereocenters. The molecule has 0 aromatic heterocycles. The van der Waals surface area contributed by atoms with E-state index in [-0.39, 0.29) is 18.3 Å². The Morgan fingerprint density at radius 3 is 2.91 bits per heavy atom. The number of amides is 1. The maximum absolute atomic E-state index is 12.5. The predicted molar refractivity (Wildman–Crippen MR) is 85.8 cm³/mol. The number of hydrogen-bond donors (Lipinski definition) is 2. The van der Waals surface area contributed by atoms with Crippen LogP contribution in [0.3, 0.4) is 0 Å². The van der Waals surface area contributed by atoms with Gasteiger partial charge in [-0.15, -0.1) is 0 Å². The summed E-state index contributed by atoms with van der Waals surface area (Å²) >= 11 is 0. The van der Waals surface area contributed by atoms with Gasteiger partial charge in [-0.2, -0.15) is 0 Å². The highest BCUT2D eigenvalue weighted by Gasteiger charge is 2.21. The Bertz CT molecular complexity index is 773. The second kappa shape index (κ2) is 6.00. The molecular formula is C17H16N2O4. The molecular weight excluding hydrogens is 296 g/mol. The molecule has 3 rings (SSSR count). The molecule has 118 valence electrons. The molecule has 1 amide bonds. The maximum atomic E-state index is 12.5. The summed E-state index contributed by atoms with van der Waals surface area (Å²) in [4.78, 5) is 23.8. The fraction of sp³-hybridized carbons (Fsp3) is 0.176. The number of nitrogens with one attached hydrogen (secondary N) is 1. The minimum Gasteiger partial charge on any atom is -0.482 e. The van der Waals surface area contributed by atoms with Crippen LogP contribution in [-0.4, -0.2) is 24.4 Å². The lowest BCUT2D eigenvalue weighted by molar-refractivity contribution is -0.118. The summed E-state index contributed by atoms with van der Waals surface area (Å²) in [6.07, 6.45) is -0.685. The minimum atomic E-state index is -0.685. The van der Waals surface area contributed by atoms with Crippen molar-refractivity contribution in [3.8, 4) is 11.5 Å². The molecule has 23 heavy (non-hydrogen) atoms. The first kappa shape index (κ1) is 14.9. The predicted octanol–water partition coefficient (Wildman–Crippen LogP) is 2.25. The van der Waals surface area contributed by atoms with Crippen LogP contribution in [0, 0.1) is 0 Å². The third-order valence-corrected chi connectivity index (χ3v) is 3.44. The number of Topliss-reactive ketones (excluding diaryl/α,β-unsaturated/α-hetero) is 1. The third kappa shape index (κ3) is 3.26. The largest absolute Gasteiger partial charge is 0.482 e. The van der Waals surface area contributed by atoms with Gasteiger partial charge in [0.2, 0.25) is 5.78 Å². The van der Waals surface area contributed by atoms with E-state index in [0.29, 0.717) is 28.4 Å². The van der Waals surface area contributed by atoms with Gasteiger partial charge in [0.15, 0.2) is 12.7 Å². The van der Waals surface area contributed by atoms with E-state index in [9.17, 15) is 9.59 Å². The summed E-state index contributed by atoms with van der Waals surface area (Å²) in [5, 5.41) is 2.68. The van der Waals surface area contributed by atoms with Crippen molar-refractivity contribution < 1.29 is 19.1 Å². The molecule has 6 heteroatoms. The standard InChI is InChI=1S/C17H16N2O4/c1-10(23-13-4-2-3-12(18)8-13)17(21)11-5-6-15-14(7-11)19-16(20)9-22-15/h2-8,10H,9,18H2,1H3,(H,19,20). The maximum Gasteiger partial charge on any atom is 0.262 e. The first-order chi connectivity index (χ1) is 11.0.